The van der Waals surface area contributed by atoms with Gasteiger partial charge in [-0.05, 0) is 56.8 Å². The second-order valence-corrected chi connectivity index (χ2v) is 21.9. The van der Waals surface area contributed by atoms with E-state index in [1.165, 1.54) is 40.7 Å². The molecule has 21 nitrogen and oxygen atoms in total. The molecule has 1 saturated heterocycles. The number of hydrogen-bond donors (Lipinski definition) is 19. The Morgan fingerprint density at radius 3 is 1.40 bits per heavy atom. The molecular weight excluding hydrogens is 949 g/mol. The maximum absolute atomic E-state index is 11.0. The third-order valence-corrected chi connectivity index (χ3v) is 15.3. The topological polar surface area (TPSA) is 403 Å². The number of rotatable bonds is 40. The third kappa shape index (κ3) is 23.0. The highest BCUT2D eigenvalue weighted by atomic mass is 16.7. The van der Waals surface area contributed by atoms with Gasteiger partial charge in [-0.2, -0.15) is 0 Å². The fraction of sp³-hybridized carbons (Fsp3) is 1.00. The summed E-state index contributed by atoms with van der Waals surface area (Å²) in [5.74, 6) is -4.71. The van der Waals surface area contributed by atoms with Gasteiger partial charge in [0.05, 0.1) is 79.4 Å². The molecule has 21 heteroatoms. The average Bonchev–Trinajstić information content (AvgIpc) is 3.32. The lowest BCUT2D eigenvalue weighted by molar-refractivity contribution is -0.364. The van der Waals surface area contributed by atoms with Gasteiger partial charge in [-0.25, -0.2) is 0 Å². The second kappa shape index (κ2) is 34.8. The van der Waals surface area contributed by atoms with E-state index in [0.717, 1.165) is 32.1 Å². The van der Waals surface area contributed by atoms with Gasteiger partial charge in [-0.1, -0.05) is 92.9 Å². The highest BCUT2D eigenvalue weighted by molar-refractivity contribution is 5.00. The van der Waals surface area contributed by atoms with Gasteiger partial charge in [0.1, 0.15) is 36.6 Å². The molecule has 0 spiro atoms. The monoisotopic (exact) mass is 1050 g/mol. The smallest absolute Gasteiger partial charge is 0.199 e. The second-order valence-electron chi connectivity index (χ2n) is 21.9. The Labute approximate surface area is 427 Å². The highest BCUT2D eigenvalue weighted by Crippen LogP contribution is 2.37. The van der Waals surface area contributed by atoms with E-state index < -0.39 is 159 Å². The first-order valence-electron chi connectivity index (χ1n) is 26.7. The Bertz CT molecular complexity index is 1380. The van der Waals surface area contributed by atoms with Gasteiger partial charge in [0.15, 0.2) is 5.79 Å². The molecule has 1 rings (SSSR count). The minimum atomic E-state index is -2.25. The molecular formula is C51H102O21. The molecule has 25 unspecified atom stereocenters. The summed E-state index contributed by atoms with van der Waals surface area (Å²) in [5.41, 5.74) is 0. The largest absolute Gasteiger partial charge is 0.396 e. The van der Waals surface area contributed by atoms with Crippen LogP contribution in [0.1, 0.15) is 157 Å². The van der Waals surface area contributed by atoms with Crippen molar-refractivity contribution in [2.45, 2.75) is 279 Å². The minimum Gasteiger partial charge on any atom is -0.396 e. The molecule has 0 aromatic heterocycles. The third-order valence-electron chi connectivity index (χ3n) is 15.3. The van der Waals surface area contributed by atoms with Gasteiger partial charge in [0, 0.05) is 50.7 Å². The average molecular weight is 1050 g/mol. The van der Waals surface area contributed by atoms with Crippen LogP contribution in [0.4, 0.5) is 0 Å². The predicted octanol–water partition coefficient (Wildman–Crippen LogP) is -1.56. The maximum Gasteiger partial charge on any atom is 0.199 e. The lowest BCUT2D eigenvalue weighted by Crippen LogP contribution is -2.66. The van der Waals surface area contributed by atoms with E-state index in [-0.39, 0.29) is 50.5 Å². The van der Waals surface area contributed by atoms with Crippen molar-refractivity contribution in [2.75, 3.05) is 13.7 Å². The number of methoxy groups -OCH3 is 1. The van der Waals surface area contributed by atoms with Crippen LogP contribution in [0.5, 0.6) is 0 Å². The molecule has 0 aliphatic carbocycles. The first-order chi connectivity index (χ1) is 33.6. The van der Waals surface area contributed by atoms with Crippen LogP contribution in [0.2, 0.25) is 0 Å². The summed E-state index contributed by atoms with van der Waals surface area (Å²) >= 11 is 0. The fourth-order valence-corrected chi connectivity index (χ4v) is 10.1. The summed E-state index contributed by atoms with van der Waals surface area (Å²) in [6, 6.07) is 0. The van der Waals surface area contributed by atoms with Gasteiger partial charge >= 0.3 is 0 Å². The van der Waals surface area contributed by atoms with Crippen molar-refractivity contribution < 1.29 is 106 Å². The van der Waals surface area contributed by atoms with Gasteiger partial charge in [-0.15, -0.1) is 0 Å². The highest BCUT2D eigenvalue weighted by Gasteiger charge is 2.55. The summed E-state index contributed by atoms with van der Waals surface area (Å²) in [7, 11) is 1.17. The van der Waals surface area contributed by atoms with Crippen LogP contribution in [0.3, 0.4) is 0 Å². The Hall–Kier alpha value is -0.840. The Morgan fingerprint density at radius 2 is 0.889 bits per heavy atom. The molecule has 1 aliphatic rings. The van der Waals surface area contributed by atoms with Crippen molar-refractivity contribution in [2.24, 2.45) is 29.6 Å². The van der Waals surface area contributed by atoms with Crippen molar-refractivity contribution in [3.63, 3.8) is 0 Å². The lowest BCUT2D eigenvalue weighted by atomic mass is 9.80. The number of ether oxygens (including phenoxy) is 2. The van der Waals surface area contributed by atoms with E-state index in [1.54, 1.807) is 0 Å². The van der Waals surface area contributed by atoms with Crippen molar-refractivity contribution in [3.05, 3.63) is 0 Å². The molecule has 0 aromatic rings. The first-order valence-corrected chi connectivity index (χ1v) is 26.7. The molecule has 432 valence electrons. The molecule has 0 radical (unpaired) electrons. The summed E-state index contributed by atoms with van der Waals surface area (Å²) in [5, 5.41) is 203. The molecule has 0 bridgehead atoms. The van der Waals surface area contributed by atoms with Crippen LogP contribution in [0.25, 0.3) is 0 Å². The van der Waals surface area contributed by atoms with Crippen molar-refractivity contribution >= 4 is 0 Å². The van der Waals surface area contributed by atoms with E-state index in [2.05, 4.69) is 6.92 Å². The van der Waals surface area contributed by atoms with Crippen molar-refractivity contribution in [1.82, 2.24) is 0 Å². The zero-order chi connectivity index (χ0) is 55.2. The number of aliphatic hydroxyl groups excluding tert-OH is 19. The van der Waals surface area contributed by atoms with Gasteiger partial charge in [-0.3, -0.25) is 0 Å². The molecule has 0 saturated carbocycles. The molecule has 1 heterocycles. The fourth-order valence-electron chi connectivity index (χ4n) is 10.1. The zero-order valence-corrected chi connectivity index (χ0v) is 44.1. The maximum atomic E-state index is 11.0. The first kappa shape index (κ1) is 69.2. The SMILES string of the molecule is CCCCCCCCCCC(O)CC1(OC)OC(CC(O)C(O)C(O)C(O)C(O)CC(O)CC(O)CC(O)CC(O)C(C)C(O)C(C)C(O)CC(O)C(C)C(O)C(O)CC(C)CC(C)CO)C(O)C(O)C1O. The number of aliphatic hydroxyl groups is 19. The van der Waals surface area contributed by atoms with Gasteiger partial charge < -0.3 is 106 Å². The summed E-state index contributed by atoms with van der Waals surface area (Å²) in [6.45, 7) is 10.4. The van der Waals surface area contributed by atoms with Gasteiger partial charge in [0.2, 0.25) is 0 Å². The van der Waals surface area contributed by atoms with Crippen LogP contribution >= 0.6 is 0 Å². The van der Waals surface area contributed by atoms with Crippen LogP contribution in [-0.4, -0.2) is 233 Å². The molecule has 0 amide bonds. The quantitative estimate of drug-likeness (QED) is 0.0309. The minimum absolute atomic E-state index is 0.00709. The van der Waals surface area contributed by atoms with Crippen molar-refractivity contribution in [1.29, 1.82) is 0 Å². The zero-order valence-electron chi connectivity index (χ0n) is 44.1. The van der Waals surface area contributed by atoms with Crippen LogP contribution in [0, 0.1) is 29.6 Å². The van der Waals surface area contributed by atoms with E-state index in [4.69, 9.17) is 9.47 Å². The predicted molar refractivity (Wildman–Crippen MR) is 264 cm³/mol. The number of hydrogen-bond acceptors (Lipinski definition) is 21. The molecule has 25 atom stereocenters. The molecule has 1 fully saturated rings. The Kier molecular flexibility index (Phi) is 33.5. The van der Waals surface area contributed by atoms with Crippen LogP contribution in [-0.2, 0) is 9.47 Å². The molecule has 19 N–H and O–H groups in total. The molecule has 0 aromatic carbocycles. The Morgan fingerprint density at radius 1 is 0.444 bits per heavy atom. The van der Waals surface area contributed by atoms with E-state index in [0.29, 0.717) is 19.3 Å². The lowest BCUT2D eigenvalue weighted by Gasteiger charge is -2.49. The van der Waals surface area contributed by atoms with Gasteiger partial charge in [0.25, 0.3) is 0 Å². The summed E-state index contributed by atoms with van der Waals surface area (Å²) in [4.78, 5) is 0. The van der Waals surface area contributed by atoms with E-state index in [1.807, 2.05) is 13.8 Å². The number of unbranched alkanes of at least 4 members (excludes halogenated alkanes) is 7. The van der Waals surface area contributed by atoms with E-state index in [9.17, 15) is 97.0 Å². The molecule has 1 aliphatic heterocycles. The standard InChI is InChI=1S/C51H102O21/c1-8-9-10-11-12-13-14-15-16-32(53)25-51(71-7)50(70)49(69)47(67)42(72-51)24-41(62)46(66)48(68)45(65)40(61)22-35(56)20-33(54)19-34(55)21-36(57)29(4)43(63)30(5)37(58)23-38(59)31(6)44(64)39(60)18-27(2)17-28(3)26-52/h27-50,52-70H,8-26H2,1-7H3. The summed E-state index contributed by atoms with van der Waals surface area (Å²) < 4.78 is 11.3. The van der Waals surface area contributed by atoms with E-state index >= 15 is 0 Å². The van der Waals surface area contributed by atoms with Crippen LogP contribution < -0.4 is 0 Å². The summed E-state index contributed by atoms with van der Waals surface area (Å²) in [6.07, 6.45) is -24.4. The van der Waals surface area contributed by atoms with Crippen molar-refractivity contribution in [3.8, 4) is 0 Å². The Balaban J connectivity index is 2.69. The molecule has 72 heavy (non-hydrogen) atoms. The normalized spacial score (nSPS) is 28.4. The van der Waals surface area contributed by atoms with Crippen LogP contribution in [0.15, 0.2) is 0 Å².